The van der Waals surface area contributed by atoms with Crippen molar-refractivity contribution in [2.75, 3.05) is 38.2 Å². The monoisotopic (exact) mass is 594 g/mol. The fourth-order valence-corrected chi connectivity index (χ4v) is 4.65. The molecule has 2 amide bonds. The minimum Gasteiger partial charge on any atom is -0.494 e. The van der Waals surface area contributed by atoms with Gasteiger partial charge in [0.2, 0.25) is 0 Å². The van der Waals surface area contributed by atoms with Gasteiger partial charge in [-0.25, -0.2) is 19.3 Å². The number of piperazine rings is 1. The number of aliphatic carboxylic acids is 1. The number of ether oxygens (including phenoxy) is 1. The molecule has 1 saturated heterocycles. The highest BCUT2D eigenvalue weighted by Crippen LogP contribution is 2.33. The lowest BCUT2D eigenvalue weighted by Gasteiger charge is -2.36. The van der Waals surface area contributed by atoms with Crippen molar-refractivity contribution < 1.29 is 32.6 Å². The lowest BCUT2D eigenvalue weighted by Crippen LogP contribution is -2.55. The molecule has 0 bridgehead atoms. The van der Waals surface area contributed by atoms with E-state index in [-0.39, 0.29) is 49.0 Å². The molecule has 1 atom stereocenters. The van der Waals surface area contributed by atoms with E-state index in [1.54, 1.807) is 29.2 Å². The van der Waals surface area contributed by atoms with E-state index in [4.69, 9.17) is 16.3 Å². The number of anilines is 1. The number of alkyl halides is 3. The fourth-order valence-electron chi connectivity index (χ4n) is 4.37. The first kappa shape index (κ1) is 29.6. The molecule has 0 spiro atoms. The summed E-state index contributed by atoms with van der Waals surface area (Å²) in [6, 6.07) is 5.63. The number of hydrogen-bond donors (Lipinski definition) is 2. The predicted octanol–water partition coefficient (Wildman–Crippen LogP) is 3.05. The standard InChI is InChI=1S/C26H26ClF3N6O5/c1-34-23(37)21(20(41-2)14-32-34)16-5-3-15(4-6-16)11-19(24(38)39)33-25(40)36-9-7-35(8-10-36)22-18(27)12-17(13-31-22)26(28,29)30/h3-6,12-14,19H,7-11H2,1-2H3,(H,33,40)(H,38,39)/t19-/m0/s1. The zero-order valence-corrected chi connectivity index (χ0v) is 22.7. The Morgan fingerprint density at radius 2 is 1.80 bits per heavy atom. The van der Waals surface area contributed by atoms with Gasteiger partial charge in [-0.1, -0.05) is 35.9 Å². The number of carboxylic acid groups (broad SMARTS) is 1. The van der Waals surface area contributed by atoms with Gasteiger partial charge in [0.05, 0.1) is 29.5 Å². The van der Waals surface area contributed by atoms with Crippen molar-refractivity contribution >= 4 is 29.4 Å². The summed E-state index contributed by atoms with van der Waals surface area (Å²) in [6.07, 6.45) is -2.45. The molecular formula is C26H26ClF3N6O5. The fraction of sp³-hybridized carbons (Fsp3) is 0.346. The van der Waals surface area contributed by atoms with Gasteiger partial charge in [0.25, 0.3) is 5.56 Å². The first-order chi connectivity index (χ1) is 19.4. The van der Waals surface area contributed by atoms with Gasteiger partial charge in [-0.3, -0.25) is 4.79 Å². The second-order valence-corrected chi connectivity index (χ2v) is 9.67. The smallest absolute Gasteiger partial charge is 0.417 e. The Bertz CT molecular complexity index is 1490. The average Bonchev–Trinajstić information content (AvgIpc) is 2.94. The summed E-state index contributed by atoms with van der Waals surface area (Å²) < 4.78 is 45.1. The molecule has 1 aliphatic heterocycles. The molecule has 3 aromatic rings. The van der Waals surface area contributed by atoms with Crippen molar-refractivity contribution in [1.29, 1.82) is 0 Å². The van der Waals surface area contributed by atoms with Gasteiger partial charge in [0.1, 0.15) is 11.9 Å². The van der Waals surface area contributed by atoms with E-state index >= 15 is 0 Å². The topological polar surface area (TPSA) is 130 Å². The van der Waals surface area contributed by atoms with Gasteiger partial charge in [-0.15, -0.1) is 0 Å². The van der Waals surface area contributed by atoms with E-state index in [2.05, 4.69) is 15.4 Å². The second kappa shape index (κ2) is 12.0. The Balaban J connectivity index is 1.38. The molecule has 0 radical (unpaired) electrons. The Hall–Kier alpha value is -4.33. The number of nitrogens with one attached hydrogen (secondary N) is 1. The molecule has 3 heterocycles. The van der Waals surface area contributed by atoms with E-state index in [9.17, 15) is 32.7 Å². The third kappa shape index (κ3) is 6.70. The lowest BCUT2D eigenvalue weighted by atomic mass is 10.0. The van der Waals surface area contributed by atoms with E-state index < -0.39 is 29.8 Å². The van der Waals surface area contributed by atoms with E-state index in [1.807, 2.05) is 0 Å². The normalized spacial score (nSPS) is 14.5. The Morgan fingerprint density at radius 1 is 1.15 bits per heavy atom. The highest BCUT2D eigenvalue weighted by molar-refractivity contribution is 6.33. The number of carbonyl (C=O) groups excluding carboxylic acids is 1. The first-order valence-electron chi connectivity index (χ1n) is 12.3. The number of methoxy groups -OCH3 is 1. The summed E-state index contributed by atoms with van der Waals surface area (Å²) in [4.78, 5) is 44.3. The number of aryl methyl sites for hydroxylation is 1. The number of amides is 2. The summed E-state index contributed by atoms with van der Waals surface area (Å²) in [6.45, 7) is 0.828. The molecule has 0 saturated carbocycles. The Kier molecular flexibility index (Phi) is 8.71. The summed E-state index contributed by atoms with van der Waals surface area (Å²) in [5.41, 5.74) is 0.167. The summed E-state index contributed by atoms with van der Waals surface area (Å²) in [5, 5.41) is 16.0. The second-order valence-electron chi connectivity index (χ2n) is 9.26. The van der Waals surface area contributed by atoms with E-state index in [0.29, 0.717) is 28.6 Å². The quantitative estimate of drug-likeness (QED) is 0.427. The van der Waals surface area contributed by atoms with Crippen molar-refractivity contribution in [2.24, 2.45) is 7.05 Å². The zero-order valence-electron chi connectivity index (χ0n) is 22.0. The number of nitrogens with zero attached hydrogens (tertiary/aromatic N) is 5. The van der Waals surface area contributed by atoms with Gasteiger partial charge < -0.3 is 25.0 Å². The third-order valence-electron chi connectivity index (χ3n) is 6.62. The number of hydrogen-bond acceptors (Lipinski definition) is 7. The lowest BCUT2D eigenvalue weighted by molar-refractivity contribution is -0.139. The highest BCUT2D eigenvalue weighted by Gasteiger charge is 2.33. The van der Waals surface area contributed by atoms with Crippen LogP contribution < -0.4 is 20.5 Å². The van der Waals surface area contributed by atoms with Crippen LogP contribution >= 0.6 is 11.6 Å². The van der Waals surface area contributed by atoms with Gasteiger partial charge in [0, 0.05) is 45.8 Å². The van der Waals surface area contributed by atoms with Crippen LogP contribution in [0.4, 0.5) is 23.8 Å². The largest absolute Gasteiger partial charge is 0.494 e. The van der Waals surface area contributed by atoms with E-state index in [1.165, 1.54) is 29.9 Å². The molecule has 11 nitrogen and oxygen atoms in total. The maximum absolute atomic E-state index is 12.9. The van der Waals surface area contributed by atoms with Crippen molar-refractivity contribution in [1.82, 2.24) is 25.0 Å². The molecule has 0 unspecified atom stereocenters. The van der Waals surface area contributed by atoms with Crippen molar-refractivity contribution in [3.05, 3.63) is 69.2 Å². The first-order valence-corrected chi connectivity index (χ1v) is 12.7. The minimum atomic E-state index is -4.57. The van der Waals surface area contributed by atoms with Crippen LogP contribution in [0, 0.1) is 0 Å². The Labute approximate surface area is 237 Å². The summed E-state index contributed by atoms with van der Waals surface area (Å²) >= 11 is 6.03. The molecular weight excluding hydrogens is 569 g/mol. The molecule has 1 fully saturated rings. The van der Waals surface area contributed by atoms with Crippen LogP contribution in [0.25, 0.3) is 11.1 Å². The van der Waals surface area contributed by atoms with Crippen LogP contribution in [-0.4, -0.2) is 76.1 Å². The van der Waals surface area contributed by atoms with Crippen LogP contribution in [0.5, 0.6) is 5.75 Å². The molecule has 0 aliphatic carbocycles. The van der Waals surface area contributed by atoms with Gasteiger partial charge in [-0.05, 0) is 17.2 Å². The minimum absolute atomic E-state index is 0.0160. The van der Waals surface area contributed by atoms with Crippen LogP contribution in [0.2, 0.25) is 5.02 Å². The molecule has 2 N–H and O–H groups in total. The van der Waals surface area contributed by atoms with E-state index in [0.717, 1.165) is 6.07 Å². The predicted molar refractivity (Wildman–Crippen MR) is 143 cm³/mol. The highest BCUT2D eigenvalue weighted by atomic mass is 35.5. The zero-order chi connectivity index (χ0) is 29.9. The van der Waals surface area contributed by atoms with Crippen molar-refractivity contribution in [3.63, 3.8) is 0 Å². The van der Waals surface area contributed by atoms with Crippen molar-refractivity contribution in [2.45, 2.75) is 18.6 Å². The number of aromatic nitrogens is 3. The number of rotatable bonds is 7. The molecule has 4 rings (SSSR count). The maximum Gasteiger partial charge on any atom is 0.417 e. The number of pyridine rings is 1. The van der Waals surface area contributed by atoms with Crippen LogP contribution in [0.1, 0.15) is 11.1 Å². The maximum atomic E-state index is 12.9. The number of urea groups is 1. The summed E-state index contributed by atoms with van der Waals surface area (Å²) in [7, 11) is 2.94. The average molecular weight is 595 g/mol. The molecule has 41 heavy (non-hydrogen) atoms. The molecule has 15 heteroatoms. The van der Waals surface area contributed by atoms with Crippen LogP contribution in [-0.2, 0) is 24.4 Å². The number of halogens is 4. The molecule has 1 aromatic carbocycles. The molecule has 218 valence electrons. The Morgan fingerprint density at radius 3 is 2.37 bits per heavy atom. The SMILES string of the molecule is COc1cnn(C)c(=O)c1-c1ccc(C[C@H](NC(=O)N2CCN(c3ncc(C(F)(F)F)cc3Cl)CC2)C(=O)O)cc1. The number of benzene rings is 1. The van der Waals surface area contributed by atoms with Gasteiger partial charge in [-0.2, -0.15) is 18.3 Å². The van der Waals surface area contributed by atoms with Crippen LogP contribution in [0.15, 0.2) is 47.5 Å². The van der Waals surface area contributed by atoms with Gasteiger partial charge in [0.15, 0.2) is 5.75 Å². The van der Waals surface area contributed by atoms with Crippen molar-refractivity contribution in [3.8, 4) is 16.9 Å². The summed E-state index contributed by atoms with van der Waals surface area (Å²) in [5.74, 6) is -0.756. The molecule has 1 aliphatic rings. The number of carbonyl (C=O) groups is 2. The van der Waals surface area contributed by atoms with Crippen LogP contribution in [0.3, 0.4) is 0 Å². The molecule has 2 aromatic heterocycles. The van der Waals surface area contributed by atoms with Gasteiger partial charge >= 0.3 is 18.2 Å². The number of carboxylic acids is 1. The third-order valence-corrected chi connectivity index (χ3v) is 6.89.